The predicted molar refractivity (Wildman–Crippen MR) is 31.6 cm³/mol. The van der Waals surface area contributed by atoms with Gasteiger partial charge in [0.25, 0.3) is 0 Å². The number of aliphatic hydroxyl groups is 1. The van der Waals surface area contributed by atoms with Gasteiger partial charge in [-0.2, -0.15) is 12.6 Å². The molecule has 0 aromatic carbocycles. The van der Waals surface area contributed by atoms with Gasteiger partial charge in [0, 0.05) is 11.7 Å². The second-order valence-electron chi connectivity index (χ2n) is 0.939. The third kappa shape index (κ3) is 88.7. The summed E-state index contributed by atoms with van der Waals surface area (Å²) >= 11 is 3.67. The molecule has 0 aliphatic carbocycles. The van der Waals surface area contributed by atoms with Crippen LogP contribution in [-0.2, 0) is 4.79 Å². The number of carbonyl (C=O) groups is 1. The average molecular weight is 176 g/mol. The zero-order chi connectivity index (χ0) is 6.99. The van der Waals surface area contributed by atoms with Crippen LogP contribution < -0.4 is 56.5 Å². The first-order chi connectivity index (χ1) is 3.65. The zero-order valence-electron chi connectivity index (χ0n) is 5.63. The van der Waals surface area contributed by atoms with Gasteiger partial charge in [-0.05, 0) is 6.92 Å². The summed E-state index contributed by atoms with van der Waals surface area (Å²) in [5.74, 6) is -0.514. The molecule has 3 nitrogen and oxygen atoms in total. The topological polar surface area (TPSA) is 60.4 Å². The molecule has 0 saturated heterocycles. The monoisotopic (exact) mass is 176 g/mol. The van der Waals surface area contributed by atoms with Crippen LogP contribution in [0, 0.1) is 0 Å². The molecule has 50 valence electrons. The van der Waals surface area contributed by atoms with Crippen molar-refractivity contribution in [3.8, 4) is 0 Å². The third-order valence-electron chi connectivity index (χ3n) is 0.1000. The first-order valence-corrected chi connectivity index (χ1v) is 2.67. The van der Waals surface area contributed by atoms with Crippen LogP contribution in [0.3, 0.4) is 0 Å². The van der Waals surface area contributed by atoms with Crippen LogP contribution in [-0.4, -0.2) is 23.4 Å². The Bertz CT molecular complexity index is 53.8. The molecule has 0 fully saturated rings. The summed E-state index contributed by atoms with van der Waals surface area (Å²) in [7, 11) is 0. The second-order valence-corrected chi connectivity index (χ2v) is 1.39. The largest absolute Gasteiger partial charge is 1.00 e. The fraction of sp³-hybridized carbons (Fsp3) is 0.750. The number of carboxylic acid groups (broad SMARTS) is 1. The van der Waals surface area contributed by atoms with Gasteiger partial charge in [-0.3, -0.25) is 0 Å². The standard InChI is InChI=1S/C2H4O2.C2H6OS.K/c1-2(3)4;3-1-2-4;/h1H3,(H,3,4);3-4H,1-2H2;/q;;+1/p-1. The Balaban J connectivity index is -0.0000000720. The summed E-state index contributed by atoms with van der Waals surface area (Å²) in [6.07, 6.45) is 0. The molecule has 0 spiro atoms. The van der Waals surface area contributed by atoms with Gasteiger partial charge in [0.1, 0.15) is 0 Å². The van der Waals surface area contributed by atoms with Gasteiger partial charge in [-0.1, -0.05) is 0 Å². The number of carbonyl (C=O) groups excluding carboxylic acids is 1. The number of aliphatic hydroxyl groups excluding tert-OH is 1. The van der Waals surface area contributed by atoms with Crippen molar-refractivity contribution in [1.82, 2.24) is 0 Å². The van der Waals surface area contributed by atoms with E-state index in [4.69, 9.17) is 15.0 Å². The van der Waals surface area contributed by atoms with Crippen LogP contribution in [0.1, 0.15) is 6.92 Å². The van der Waals surface area contributed by atoms with Crippen molar-refractivity contribution >= 4 is 18.6 Å². The molecule has 0 aliphatic rings. The third-order valence-corrected chi connectivity index (χ3v) is 0.300. The van der Waals surface area contributed by atoms with Gasteiger partial charge in [0.2, 0.25) is 0 Å². The summed E-state index contributed by atoms with van der Waals surface area (Å²) in [6.45, 7) is 1.16. The molecule has 0 radical (unpaired) electrons. The number of hydrogen-bond donors (Lipinski definition) is 2. The van der Waals surface area contributed by atoms with E-state index in [9.17, 15) is 0 Å². The summed E-state index contributed by atoms with van der Waals surface area (Å²) in [4.78, 5) is 8.89. The molecule has 0 amide bonds. The number of thiol groups is 1. The molecule has 0 aliphatic heterocycles. The van der Waals surface area contributed by atoms with Crippen molar-refractivity contribution < 1.29 is 66.4 Å². The van der Waals surface area contributed by atoms with E-state index in [-0.39, 0.29) is 58.0 Å². The second kappa shape index (κ2) is 16.2. The molecule has 0 atom stereocenters. The maximum Gasteiger partial charge on any atom is 1.00 e. The van der Waals surface area contributed by atoms with Crippen molar-refractivity contribution in [2.75, 3.05) is 12.4 Å². The maximum absolute atomic E-state index is 8.89. The first-order valence-electron chi connectivity index (χ1n) is 2.04. The van der Waals surface area contributed by atoms with Crippen LogP contribution in [0.25, 0.3) is 0 Å². The van der Waals surface area contributed by atoms with E-state index >= 15 is 0 Å². The van der Waals surface area contributed by atoms with E-state index in [1.165, 1.54) is 0 Å². The van der Waals surface area contributed by atoms with Crippen LogP contribution in [0.5, 0.6) is 0 Å². The van der Waals surface area contributed by atoms with E-state index in [2.05, 4.69) is 12.6 Å². The predicted octanol–water partition coefficient (Wildman–Crippen LogP) is -4.33. The SMILES string of the molecule is CC(=O)[O-].OCCS.[K+]. The van der Waals surface area contributed by atoms with Gasteiger partial charge in [-0.15, -0.1) is 0 Å². The fourth-order valence-corrected chi connectivity index (χ4v) is 0. The molecule has 0 saturated carbocycles. The minimum Gasteiger partial charge on any atom is -0.550 e. The van der Waals surface area contributed by atoms with Crippen molar-refractivity contribution in [2.24, 2.45) is 0 Å². The van der Waals surface area contributed by atoms with Gasteiger partial charge in [0.05, 0.1) is 6.61 Å². The maximum atomic E-state index is 8.89. The molecule has 0 aromatic rings. The van der Waals surface area contributed by atoms with Crippen molar-refractivity contribution in [2.45, 2.75) is 6.92 Å². The van der Waals surface area contributed by atoms with E-state index < -0.39 is 5.97 Å². The Morgan fingerprint density at radius 3 is 1.89 bits per heavy atom. The molecule has 0 unspecified atom stereocenters. The fourth-order valence-electron chi connectivity index (χ4n) is 0. The Morgan fingerprint density at radius 1 is 1.78 bits per heavy atom. The number of hydrogen-bond acceptors (Lipinski definition) is 4. The van der Waals surface area contributed by atoms with Gasteiger partial charge in [0.15, 0.2) is 0 Å². The summed E-state index contributed by atoms with van der Waals surface area (Å²) in [5.41, 5.74) is 0. The van der Waals surface area contributed by atoms with Crippen LogP contribution in [0.4, 0.5) is 0 Å². The van der Waals surface area contributed by atoms with E-state index in [0.29, 0.717) is 5.75 Å². The summed E-state index contributed by atoms with van der Waals surface area (Å²) in [5, 5.41) is 16.7. The molecule has 0 bridgehead atoms. The molecule has 0 aromatic heterocycles. The van der Waals surface area contributed by atoms with Crippen molar-refractivity contribution in [3.05, 3.63) is 0 Å². The van der Waals surface area contributed by atoms with E-state index in [1.807, 2.05) is 0 Å². The van der Waals surface area contributed by atoms with Crippen LogP contribution in [0.2, 0.25) is 0 Å². The van der Waals surface area contributed by atoms with E-state index in [1.54, 1.807) is 0 Å². The van der Waals surface area contributed by atoms with E-state index in [0.717, 1.165) is 6.92 Å². The summed E-state index contributed by atoms with van der Waals surface area (Å²) < 4.78 is 0. The summed E-state index contributed by atoms with van der Waals surface area (Å²) in [6, 6.07) is 0. The number of rotatable bonds is 1. The van der Waals surface area contributed by atoms with Gasteiger partial charge >= 0.3 is 51.4 Å². The Hall–Kier alpha value is 1.42. The molecule has 0 heterocycles. The molecular formula is C4H9KO3S. The average Bonchev–Trinajstić information content (AvgIpc) is 1.65. The number of carboxylic acids is 1. The minimum absolute atomic E-state index is 0. The van der Waals surface area contributed by atoms with Crippen molar-refractivity contribution in [1.29, 1.82) is 0 Å². The smallest absolute Gasteiger partial charge is 0.550 e. The van der Waals surface area contributed by atoms with Gasteiger partial charge < -0.3 is 15.0 Å². The molecule has 9 heavy (non-hydrogen) atoms. The normalized spacial score (nSPS) is 6.11. The number of aliphatic carboxylic acids is 1. The Morgan fingerprint density at radius 2 is 1.89 bits per heavy atom. The minimum atomic E-state index is -1.08. The first kappa shape index (κ1) is 16.8. The van der Waals surface area contributed by atoms with Gasteiger partial charge in [-0.25, -0.2) is 0 Å². The molecule has 0 rings (SSSR count). The Labute approximate surface area is 103 Å². The van der Waals surface area contributed by atoms with Crippen molar-refractivity contribution in [3.63, 3.8) is 0 Å². The molecular weight excluding hydrogens is 167 g/mol. The zero-order valence-corrected chi connectivity index (χ0v) is 9.64. The Kier molecular flexibility index (Phi) is 30.2. The van der Waals surface area contributed by atoms with Crippen LogP contribution in [0.15, 0.2) is 0 Å². The molecule has 5 heteroatoms. The van der Waals surface area contributed by atoms with Crippen LogP contribution >= 0.6 is 12.6 Å². The molecule has 1 N–H and O–H groups in total. The quantitative estimate of drug-likeness (QED) is 0.314.